The molecule has 0 spiro atoms. The van der Waals surface area contributed by atoms with E-state index in [2.05, 4.69) is 0 Å². The Balaban J connectivity index is 4.87. The van der Waals surface area contributed by atoms with Gasteiger partial charge in [-0.1, -0.05) is 0 Å². The second-order valence-corrected chi connectivity index (χ2v) is 2.55. The van der Waals surface area contributed by atoms with Crippen molar-refractivity contribution in [2.75, 3.05) is 0 Å². The van der Waals surface area contributed by atoms with E-state index in [1.807, 2.05) is 0 Å². The van der Waals surface area contributed by atoms with Gasteiger partial charge in [0, 0.05) is 0 Å². The van der Waals surface area contributed by atoms with Crippen LogP contribution in [0.1, 0.15) is 0 Å². The molecule has 5 heteroatoms. The Labute approximate surface area is 31.0 Å². The normalized spacial score (nSPS) is 8.20. The van der Waals surface area contributed by atoms with Crippen LogP contribution >= 0.6 is 0 Å². The van der Waals surface area contributed by atoms with E-state index in [1.165, 1.54) is 0 Å². The van der Waals surface area contributed by atoms with Gasteiger partial charge < -0.3 is 0 Å². The van der Waals surface area contributed by atoms with E-state index < -0.39 is 17.6 Å². The molecule has 0 aromatic rings. The summed E-state index contributed by atoms with van der Waals surface area (Å²) in [5.74, 6) is 0. The maximum absolute atomic E-state index is 10.2. The quantitative estimate of drug-likeness (QED) is 0.470. The minimum atomic E-state index is -6.35. The molecule has 0 aliphatic carbocycles. The van der Waals surface area contributed by atoms with Crippen LogP contribution in [0.5, 0.6) is 0 Å². The predicted octanol–water partition coefficient (Wildman–Crippen LogP) is 0.0613. The Hall–Kier alpha value is 0.0703. The molecule has 0 saturated carbocycles. The van der Waals surface area contributed by atoms with Gasteiger partial charge in [0.25, 0.3) is 0 Å². The third-order valence-corrected chi connectivity index (χ3v) is 0. The summed E-state index contributed by atoms with van der Waals surface area (Å²) in [6.07, 6.45) is 0. The zero-order valence-electron chi connectivity index (χ0n) is 2.05. The minimum absolute atomic E-state index is 6.35. The van der Waals surface area contributed by atoms with Crippen LogP contribution in [0.2, 0.25) is 0 Å². The molecule has 3 nitrogen and oxygen atoms in total. The number of hydrogen-bond acceptors (Lipinski definition) is 3. The molecule has 0 radical (unpaired) electrons. The number of rotatable bonds is 0. The van der Waals surface area contributed by atoms with Gasteiger partial charge in [-0.15, -0.1) is 0 Å². The van der Waals surface area contributed by atoms with E-state index in [1.54, 1.807) is 0 Å². The molecule has 0 aliphatic rings. The summed E-state index contributed by atoms with van der Waals surface area (Å²) in [6.45, 7) is 0. The zero-order valence-corrected chi connectivity index (χ0v) is 4.25. The van der Waals surface area contributed by atoms with Crippen LogP contribution in [0.3, 0.4) is 0 Å². The Kier molecular flexibility index (Phi) is 1.06. The van der Waals surface area contributed by atoms with Crippen molar-refractivity contribution in [2.24, 2.45) is 0 Å². The number of hydrogen-bond donors (Lipinski definition) is 0. The molecule has 0 rings (SSSR count). The summed E-state index contributed by atoms with van der Waals surface area (Å²) in [5.41, 5.74) is 0. The van der Waals surface area contributed by atoms with Crippen molar-refractivity contribution in [3.63, 3.8) is 0 Å². The Morgan fingerprint density at radius 1 is 1.20 bits per heavy atom. The summed E-state index contributed by atoms with van der Waals surface area (Å²) in [7, 11) is 0. The van der Waals surface area contributed by atoms with Crippen molar-refractivity contribution in [1.29, 1.82) is 0 Å². The fraction of sp³-hybridized carbons (Fsp3) is 0. The van der Waals surface area contributed by atoms with E-state index >= 15 is 0 Å². The topological polar surface area (TPSA) is 51.2 Å². The van der Waals surface area contributed by atoms with E-state index in [4.69, 9.17) is 9.75 Å². The first-order chi connectivity index (χ1) is 2.00. The monoisotopic (exact) mass is 160 g/mol. The van der Waals surface area contributed by atoms with Gasteiger partial charge in [-0.05, 0) is 0 Å². The molecule has 0 aromatic heterocycles. The van der Waals surface area contributed by atoms with E-state index in [9.17, 15) is 3.02 Å². The Morgan fingerprint density at radius 2 is 1.20 bits per heavy atom. The van der Waals surface area contributed by atoms with Crippen molar-refractivity contribution < 1.29 is 30.4 Å². The van der Waals surface area contributed by atoms with Crippen molar-refractivity contribution in [2.45, 2.75) is 0 Å². The van der Waals surface area contributed by atoms with Gasteiger partial charge in [-0.25, -0.2) is 0 Å². The molecule has 0 amide bonds. The van der Waals surface area contributed by atoms with Gasteiger partial charge in [-0.2, -0.15) is 0 Å². The molecule has 0 atom stereocenters. The molecule has 0 unspecified atom stereocenters. The SMILES string of the molecule is [O]=[Nb](=[O])(=[O])[F]. The third-order valence-electron chi connectivity index (χ3n) is 0. The summed E-state index contributed by atoms with van der Waals surface area (Å²) in [4.78, 5) is 0. The fourth-order valence-electron chi connectivity index (χ4n) is 0. The van der Waals surface area contributed by atoms with Gasteiger partial charge in [0.05, 0.1) is 0 Å². The fourth-order valence-corrected chi connectivity index (χ4v) is 0. The molecule has 0 N–H and O–H groups in total. The average Bonchev–Trinajstić information content (AvgIpc) is 0.722. The molecule has 0 aliphatic heterocycles. The summed E-state index contributed by atoms with van der Waals surface area (Å²) < 4.78 is 35.8. The molecule has 0 fully saturated rings. The van der Waals surface area contributed by atoms with Crippen LogP contribution in [0, 0.1) is 0 Å². The third kappa shape index (κ3) is 3530. The first kappa shape index (κ1) is 5.07. The standard InChI is InChI=1S/FH.Nb.3O/h1H;;;;/q;+1;;;/p-1. The molecule has 0 bridgehead atoms. The van der Waals surface area contributed by atoms with Crippen LogP contribution < -0.4 is 0 Å². The van der Waals surface area contributed by atoms with Crippen molar-refractivity contribution in [3.05, 3.63) is 0 Å². The van der Waals surface area contributed by atoms with Crippen LogP contribution in [0.15, 0.2) is 0 Å². The van der Waals surface area contributed by atoms with Crippen LogP contribution in [-0.2, 0) is 27.3 Å². The van der Waals surface area contributed by atoms with Gasteiger partial charge in [0.2, 0.25) is 0 Å². The van der Waals surface area contributed by atoms with Crippen LogP contribution in [0.25, 0.3) is 0 Å². The molecule has 0 saturated heterocycles. The van der Waals surface area contributed by atoms with Gasteiger partial charge >= 0.3 is 30.4 Å². The molecule has 0 heterocycles. The van der Waals surface area contributed by atoms with Gasteiger partial charge in [0.15, 0.2) is 0 Å². The molecule has 5 heavy (non-hydrogen) atoms. The van der Waals surface area contributed by atoms with Crippen molar-refractivity contribution >= 4 is 0 Å². The van der Waals surface area contributed by atoms with Crippen LogP contribution in [0.4, 0.5) is 3.02 Å². The van der Waals surface area contributed by atoms with Gasteiger partial charge in [0.1, 0.15) is 0 Å². The zero-order chi connectivity index (χ0) is 4.50. The Bertz CT molecular complexity index is 128. The molecule has 30 valence electrons. The summed E-state index contributed by atoms with van der Waals surface area (Å²) in [6, 6.07) is 0. The Morgan fingerprint density at radius 3 is 1.20 bits per heavy atom. The summed E-state index contributed by atoms with van der Waals surface area (Å²) >= 11 is -6.35. The van der Waals surface area contributed by atoms with E-state index in [-0.39, 0.29) is 0 Å². The van der Waals surface area contributed by atoms with Crippen molar-refractivity contribution in [1.82, 2.24) is 0 Å². The number of halogens is 1. The second-order valence-electron chi connectivity index (χ2n) is 0.431. The molecular weight excluding hydrogens is 160 g/mol. The second kappa shape index (κ2) is 1.04. The van der Waals surface area contributed by atoms with E-state index in [0.717, 1.165) is 0 Å². The van der Waals surface area contributed by atoms with Gasteiger partial charge in [-0.3, -0.25) is 0 Å². The summed E-state index contributed by atoms with van der Waals surface area (Å²) in [5, 5.41) is 0. The van der Waals surface area contributed by atoms with E-state index in [0.29, 0.717) is 0 Å². The first-order valence-corrected chi connectivity index (χ1v) is 4.24. The van der Waals surface area contributed by atoms with Crippen LogP contribution in [-0.4, -0.2) is 0 Å². The molecular formula is FNbO3. The molecule has 0 aromatic carbocycles. The first-order valence-electron chi connectivity index (χ1n) is 0.717. The van der Waals surface area contributed by atoms with Crippen molar-refractivity contribution in [3.8, 4) is 0 Å². The predicted molar refractivity (Wildman–Crippen MR) is 3.17 cm³/mol. The maximum atomic E-state index is 10.2. The average molecular weight is 160 g/mol.